The van der Waals surface area contributed by atoms with Gasteiger partial charge in [-0.25, -0.2) is 4.98 Å². The first-order valence-corrected chi connectivity index (χ1v) is 6.86. The fraction of sp³-hybridized carbons (Fsp3) is 0. The average Bonchev–Trinajstić information content (AvgIpc) is 2.76. The molecule has 0 saturated carbocycles. The molecule has 3 rings (SSSR count). The van der Waals surface area contributed by atoms with Crippen molar-refractivity contribution in [1.82, 2.24) is 9.97 Å². The molecule has 0 atom stereocenters. The zero-order chi connectivity index (χ0) is 13.6. The van der Waals surface area contributed by atoms with E-state index in [1.54, 1.807) is 30.3 Å². The van der Waals surface area contributed by atoms with Crippen molar-refractivity contribution in [2.45, 2.75) is 0 Å². The maximum absolute atomic E-state index is 6.15. The van der Waals surface area contributed by atoms with E-state index in [0.29, 0.717) is 31.4 Å². The van der Waals surface area contributed by atoms with Crippen LogP contribution in [0.15, 0.2) is 30.3 Å². The second kappa shape index (κ2) is 4.88. The van der Waals surface area contributed by atoms with E-state index in [9.17, 15) is 0 Å². The molecule has 3 aromatic rings. The fourth-order valence-corrected chi connectivity index (χ4v) is 2.76. The molecule has 2 nitrogen and oxygen atoms in total. The standard InChI is InChI=1S/C13H6Cl4N2/c14-6-1-2-9(16)8(3-6)13-18-11-5-7(15)4-10(17)12(11)19-13/h1-5H,(H,18,19). The summed E-state index contributed by atoms with van der Waals surface area (Å²) in [5.41, 5.74) is 2.12. The van der Waals surface area contributed by atoms with Crippen LogP contribution in [-0.4, -0.2) is 9.97 Å². The Morgan fingerprint density at radius 1 is 0.842 bits per heavy atom. The van der Waals surface area contributed by atoms with Crippen LogP contribution in [0.4, 0.5) is 0 Å². The van der Waals surface area contributed by atoms with E-state index < -0.39 is 0 Å². The van der Waals surface area contributed by atoms with Crippen molar-refractivity contribution in [3.63, 3.8) is 0 Å². The molecule has 0 amide bonds. The Balaban J connectivity index is 2.26. The minimum Gasteiger partial charge on any atom is -0.338 e. The summed E-state index contributed by atoms with van der Waals surface area (Å²) in [4.78, 5) is 7.57. The highest BCUT2D eigenvalue weighted by Crippen LogP contribution is 2.33. The van der Waals surface area contributed by atoms with Gasteiger partial charge < -0.3 is 4.98 Å². The van der Waals surface area contributed by atoms with Crippen molar-refractivity contribution >= 4 is 57.4 Å². The Bertz CT molecular complexity index is 780. The lowest BCUT2D eigenvalue weighted by Gasteiger charge is -2.00. The number of hydrogen-bond acceptors (Lipinski definition) is 1. The lowest BCUT2D eigenvalue weighted by Crippen LogP contribution is -1.82. The monoisotopic (exact) mass is 330 g/mol. The highest BCUT2D eigenvalue weighted by molar-refractivity contribution is 6.38. The summed E-state index contributed by atoms with van der Waals surface area (Å²) in [5, 5.41) is 2.18. The number of nitrogens with one attached hydrogen (secondary N) is 1. The second-order valence-electron chi connectivity index (χ2n) is 3.99. The summed E-state index contributed by atoms with van der Waals surface area (Å²) >= 11 is 24.2. The number of fused-ring (bicyclic) bond motifs is 1. The molecule has 2 aromatic carbocycles. The zero-order valence-corrected chi connectivity index (χ0v) is 12.4. The zero-order valence-electron chi connectivity index (χ0n) is 9.35. The maximum Gasteiger partial charge on any atom is 0.140 e. The summed E-state index contributed by atoms with van der Waals surface area (Å²) < 4.78 is 0. The van der Waals surface area contributed by atoms with E-state index in [-0.39, 0.29) is 0 Å². The van der Waals surface area contributed by atoms with Crippen LogP contribution in [0.2, 0.25) is 20.1 Å². The molecular formula is C13H6Cl4N2. The van der Waals surface area contributed by atoms with Crippen molar-refractivity contribution in [3.8, 4) is 11.4 Å². The molecule has 96 valence electrons. The Hall–Kier alpha value is -0.930. The van der Waals surface area contributed by atoms with Gasteiger partial charge in [-0.15, -0.1) is 0 Å². The molecule has 0 spiro atoms. The van der Waals surface area contributed by atoms with Crippen molar-refractivity contribution in [2.75, 3.05) is 0 Å². The number of imidazole rings is 1. The van der Waals surface area contributed by atoms with Crippen molar-refractivity contribution in [2.24, 2.45) is 0 Å². The second-order valence-corrected chi connectivity index (χ2v) is 5.68. The van der Waals surface area contributed by atoms with Gasteiger partial charge in [-0.2, -0.15) is 0 Å². The van der Waals surface area contributed by atoms with Crippen molar-refractivity contribution < 1.29 is 0 Å². The van der Waals surface area contributed by atoms with Gasteiger partial charge in [-0.05, 0) is 30.3 Å². The smallest absolute Gasteiger partial charge is 0.140 e. The molecular weight excluding hydrogens is 326 g/mol. The van der Waals surface area contributed by atoms with Gasteiger partial charge in [0.1, 0.15) is 11.3 Å². The van der Waals surface area contributed by atoms with Crippen LogP contribution in [0.3, 0.4) is 0 Å². The van der Waals surface area contributed by atoms with Gasteiger partial charge in [0.05, 0.1) is 15.6 Å². The minimum atomic E-state index is 0.489. The number of benzene rings is 2. The summed E-state index contributed by atoms with van der Waals surface area (Å²) in [5.74, 6) is 0.603. The van der Waals surface area contributed by atoms with Crippen LogP contribution in [0.25, 0.3) is 22.4 Å². The van der Waals surface area contributed by atoms with E-state index in [1.807, 2.05) is 0 Å². The highest BCUT2D eigenvalue weighted by atomic mass is 35.5. The SMILES string of the molecule is Clc1ccc(Cl)c(-c2nc3c(Cl)cc(Cl)cc3[nH]2)c1. The molecule has 0 unspecified atom stereocenters. The molecule has 0 saturated heterocycles. The van der Waals surface area contributed by atoms with Gasteiger partial charge in [-0.3, -0.25) is 0 Å². The fourth-order valence-electron chi connectivity index (χ4n) is 1.85. The summed E-state index contributed by atoms with van der Waals surface area (Å²) in [7, 11) is 0. The molecule has 0 radical (unpaired) electrons. The van der Waals surface area contributed by atoms with Crippen LogP contribution in [0.5, 0.6) is 0 Å². The quantitative estimate of drug-likeness (QED) is 0.595. The Morgan fingerprint density at radius 3 is 2.42 bits per heavy atom. The number of aromatic amines is 1. The summed E-state index contributed by atoms with van der Waals surface area (Å²) in [6.07, 6.45) is 0. The predicted molar refractivity (Wildman–Crippen MR) is 81.6 cm³/mol. The molecule has 1 heterocycles. The van der Waals surface area contributed by atoms with E-state index >= 15 is 0 Å². The predicted octanol–water partition coefficient (Wildman–Crippen LogP) is 5.84. The van der Waals surface area contributed by atoms with Crippen LogP contribution in [0, 0.1) is 0 Å². The first-order valence-electron chi connectivity index (χ1n) is 5.35. The number of H-pyrrole nitrogens is 1. The highest BCUT2D eigenvalue weighted by Gasteiger charge is 2.12. The molecule has 1 N–H and O–H groups in total. The molecule has 0 aliphatic carbocycles. The van der Waals surface area contributed by atoms with Crippen LogP contribution in [0.1, 0.15) is 0 Å². The first kappa shape index (κ1) is 13.1. The number of rotatable bonds is 1. The number of nitrogens with zero attached hydrogens (tertiary/aromatic N) is 1. The molecule has 0 bridgehead atoms. The van der Waals surface area contributed by atoms with Gasteiger partial charge >= 0.3 is 0 Å². The van der Waals surface area contributed by atoms with E-state index in [4.69, 9.17) is 46.4 Å². The van der Waals surface area contributed by atoms with E-state index in [1.165, 1.54) is 0 Å². The topological polar surface area (TPSA) is 28.7 Å². The molecule has 1 aromatic heterocycles. The van der Waals surface area contributed by atoms with Crippen LogP contribution < -0.4 is 0 Å². The largest absolute Gasteiger partial charge is 0.338 e. The first-order chi connectivity index (χ1) is 9.04. The number of aromatic nitrogens is 2. The van der Waals surface area contributed by atoms with Gasteiger partial charge in [0.25, 0.3) is 0 Å². The number of hydrogen-bond donors (Lipinski definition) is 1. The van der Waals surface area contributed by atoms with Gasteiger partial charge in [0, 0.05) is 15.6 Å². The summed E-state index contributed by atoms with van der Waals surface area (Å²) in [6.45, 7) is 0. The van der Waals surface area contributed by atoms with Gasteiger partial charge in [0.2, 0.25) is 0 Å². The van der Waals surface area contributed by atoms with Gasteiger partial charge in [0.15, 0.2) is 0 Å². The third-order valence-electron chi connectivity index (χ3n) is 2.69. The lowest BCUT2D eigenvalue weighted by molar-refractivity contribution is 1.34. The Morgan fingerprint density at radius 2 is 1.63 bits per heavy atom. The van der Waals surface area contributed by atoms with Crippen LogP contribution in [-0.2, 0) is 0 Å². The third-order valence-corrected chi connectivity index (χ3v) is 3.76. The normalized spacial score (nSPS) is 11.2. The lowest BCUT2D eigenvalue weighted by atomic mass is 10.2. The molecule has 0 fully saturated rings. The molecule has 6 heteroatoms. The van der Waals surface area contributed by atoms with Crippen LogP contribution >= 0.6 is 46.4 Å². The molecule has 0 aliphatic rings. The van der Waals surface area contributed by atoms with E-state index in [2.05, 4.69) is 9.97 Å². The van der Waals surface area contributed by atoms with Gasteiger partial charge in [-0.1, -0.05) is 46.4 Å². The summed E-state index contributed by atoms with van der Waals surface area (Å²) in [6, 6.07) is 8.60. The van der Waals surface area contributed by atoms with E-state index in [0.717, 1.165) is 11.1 Å². The molecule has 19 heavy (non-hydrogen) atoms. The molecule has 0 aliphatic heterocycles. The van der Waals surface area contributed by atoms with Crippen molar-refractivity contribution in [3.05, 3.63) is 50.4 Å². The average molecular weight is 332 g/mol. The number of halogens is 4. The maximum atomic E-state index is 6.15. The Labute approximate surface area is 129 Å². The van der Waals surface area contributed by atoms with Crippen molar-refractivity contribution in [1.29, 1.82) is 0 Å². The minimum absolute atomic E-state index is 0.489. The Kier molecular flexibility index (Phi) is 3.35. The third kappa shape index (κ3) is 2.41.